The van der Waals surface area contributed by atoms with Crippen LogP contribution in [0.15, 0.2) is 23.2 Å². The van der Waals surface area contributed by atoms with Crippen LogP contribution in [0.1, 0.15) is 27.7 Å². The Balaban J connectivity index is 2.54. The minimum absolute atomic E-state index is 0.0301. The SMILES string of the molecule is CC(C)N(CCOc1ccc(S(=O)(=O)Cl)cn1)C(C)C. The minimum Gasteiger partial charge on any atom is -0.476 e. The average Bonchev–Trinajstić information content (AvgIpc) is 2.33. The summed E-state index contributed by atoms with van der Waals surface area (Å²) in [4.78, 5) is 6.20. The predicted octanol–water partition coefficient (Wildman–Crippen LogP) is 2.51. The summed E-state index contributed by atoms with van der Waals surface area (Å²) in [6.07, 6.45) is 1.19. The number of hydrogen-bond donors (Lipinski definition) is 0. The van der Waals surface area contributed by atoms with E-state index in [2.05, 4.69) is 37.6 Å². The van der Waals surface area contributed by atoms with Crippen LogP contribution in [0.5, 0.6) is 5.88 Å². The summed E-state index contributed by atoms with van der Waals surface area (Å²) in [6, 6.07) is 3.77. The van der Waals surface area contributed by atoms with Crippen LogP contribution in [-0.4, -0.2) is 43.5 Å². The summed E-state index contributed by atoms with van der Waals surface area (Å²) in [5.41, 5.74) is 0. The first-order chi connectivity index (χ1) is 9.21. The third-order valence-corrected chi connectivity index (χ3v) is 4.26. The molecule has 0 saturated heterocycles. The summed E-state index contributed by atoms with van der Waals surface area (Å²) in [5, 5.41) is 0. The Bertz CT molecular complexity index is 507. The van der Waals surface area contributed by atoms with Gasteiger partial charge in [0, 0.05) is 35.4 Å². The molecule has 1 rings (SSSR count). The van der Waals surface area contributed by atoms with E-state index in [1.807, 2.05) is 0 Å². The molecule has 0 aliphatic carbocycles. The number of halogens is 1. The second-order valence-corrected chi connectivity index (χ2v) is 7.61. The maximum Gasteiger partial charge on any atom is 0.262 e. The zero-order valence-electron chi connectivity index (χ0n) is 12.2. The lowest BCUT2D eigenvalue weighted by Crippen LogP contribution is -2.39. The smallest absolute Gasteiger partial charge is 0.262 e. The summed E-state index contributed by atoms with van der Waals surface area (Å²) >= 11 is 0. The van der Waals surface area contributed by atoms with E-state index in [0.717, 1.165) is 6.54 Å². The van der Waals surface area contributed by atoms with E-state index in [-0.39, 0.29) is 4.90 Å². The lowest BCUT2D eigenvalue weighted by atomic mass is 10.2. The molecule has 0 N–H and O–H groups in total. The van der Waals surface area contributed by atoms with Crippen molar-refractivity contribution in [2.45, 2.75) is 44.7 Å². The predicted molar refractivity (Wildman–Crippen MR) is 79.7 cm³/mol. The van der Waals surface area contributed by atoms with E-state index in [1.54, 1.807) is 0 Å². The Morgan fingerprint density at radius 2 is 1.85 bits per heavy atom. The van der Waals surface area contributed by atoms with Crippen LogP contribution in [0.2, 0.25) is 0 Å². The van der Waals surface area contributed by atoms with Gasteiger partial charge in [0.1, 0.15) is 11.5 Å². The van der Waals surface area contributed by atoms with Crippen molar-refractivity contribution in [3.8, 4) is 5.88 Å². The van der Waals surface area contributed by atoms with Crippen molar-refractivity contribution in [2.24, 2.45) is 0 Å². The highest BCUT2D eigenvalue weighted by molar-refractivity contribution is 8.13. The molecular formula is C13H21ClN2O3S. The van der Waals surface area contributed by atoms with Gasteiger partial charge in [-0.05, 0) is 33.8 Å². The fourth-order valence-corrected chi connectivity index (χ4v) is 2.65. The number of rotatable bonds is 7. The molecule has 0 fully saturated rings. The van der Waals surface area contributed by atoms with Gasteiger partial charge in [-0.3, -0.25) is 4.90 Å². The van der Waals surface area contributed by atoms with Crippen LogP contribution in [0.25, 0.3) is 0 Å². The van der Waals surface area contributed by atoms with Crippen molar-refractivity contribution in [1.82, 2.24) is 9.88 Å². The van der Waals surface area contributed by atoms with Crippen molar-refractivity contribution in [3.63, 3.8) is 0 Å². The molecule has 1 heterocycles. The van der Waals surface area contributed by atoms with Gasteiger partial charge in [0.25, 0.3) is 9.05 Å². The molecular weight excluding hydrogens is 300 g/mol. The van der Waals surface area contributed by atoms with E-state index in [9.17, 15) is 8.42 Å². The molecule has 0 aliphatic heterocycles. The van der Waals surface area contributed by atoms with Crippen molar-refractivity contribution in [3.05, 3.63) is 18.3 Å². The number of aromatic nitrogens is 1. The standard InChI is InChI=1S/C13H21ClN2O3S/c1-10(2)16(11(3)4)7-8-19-13-6-5-12(9-15-13)20(14,17)18/h5-6,9-11H,7-8H2,1-4H3. The van der Waals surface area contributed by atoms with Gasteiger partial charge in [0.05, 0.1) is 6.20 Å². The molecule has 0 amide bonds. The Morgan fingerprint density at radius 1 is 1.25 bits per heavy atom. The lowest BCUT2D eigenvalue weighted by molar-refractivity contribution is 0.140. The monoisotopic (exact) mass is 320 g/mol. The molecule has 0 bridgehead atoms. The Labute approximate surface area is 125 Å². The van der Waals surface area contributed by atoms with E-state index in [0.29, 0.717) is 24.6 Å². The first kappa shape index (κ1) is 17.2. The van der Waals surface area contributed by atoms with Crippen molar-refractivity contribution >= 4 is 19.7 Å². The van der Waals surface area contributed by atoms with Crippen LogP contribution in [0.4, 0.5) is 0 Å². The highest BCUT2D eigenvalue weighted by Crippen LogP contribution is 2.16. The summed E-state index contributed by atoms with van der Waals surface area (Å²) < 4.78 is 27.7. The van der Waals surface area contributed by atoms with Gasteiger partial charge in [-0.15, -0.1) is 0 Å². The molecule has 0 saturated carbocycles. The van der Waals surface area contributed by atoms with Gasteiger partial charge in [-0.1, -0.05) is 0 Å². The molecule has 7 heteroatoms. The average molecular weight is 321 g/mol. The Kier molecular flexibility index (Phi) is 6.23. The zero-order valence-corrected chi connectivity index (χ0v) is 13.8. The maximum absolute atomic E-state index is 11.1. The quantitative estimate of drug-likeness (QED) is 0.722. The molecule has 114 valence electrons. The molecule has 0 radical (unpaired) electrons. The molecule has 5 nitrogen and oxygen atoms in total. The summed E-state index contributed by atoms with van der Waals surface area (Å²) in [5.74, 6) is 0.390. The van der Waals surface area contributed by atoms with E-state index in [4.69, 9.17) is 15.4 Å². The number of nitrogens with zero attached hydrogens (tertiary/aromatic N) is 2. The van der Waals surface area contributed by atoms with Crippen molar-refractivity contribution in [1.29, 1.82) is 0 Å². The molecule has 0 unspecified atom stereocenters. The van der Waals surface area contributed by atoms with Crippen LogP contribution in [-0.2, 0) is 9.05 Å². The largest absolute Gasteiger partial charge is 0.476 e. The fraction of sp³-hybridized carbons (Fsp3) is 0.615. The molecule has 1 aromatic rings. The Hall–Kier alpha value is -0.850. The number of ether oxygens (including phenoxy) is 1. The van der Waals surface area contributed by atoms with Crippen molar-refractivity contribution < 1.29 is 13.2 Å². The van der Waals surface area contributed by atoms with E-state index in [1.165, 1.54) is 18.3 Å². The topological polar surface area (TPSA) is 59.5 Å². The highest BCUT2D eigenvalue weighted by Gasteiger charge is 2.13. The van der Waals surface area contributed by atoms with Crippen LogP contribution in [0, 0.1) is 0 Å². The molecule has 0 spiro atoms. The third-order valence-electron chi connectivity index (χ3n) is 2.92. The minimum atomic E-state index is -3.73. The van der Waals surface area contributed by atoms with E-state index < -0.39 is 9.05 Å². The van der Waals surface area contributed by atoms with Gasteiger partial charge in [0.15, 0.2) is 0 Å². The van der Waals surface area contributed by atoms with Gasteiger partial charge in [0.2, 0.25) is 5.88 Å². The number of pyridine rings is 1. The zero-order chi connectivity index (χ0) is 15.3. The van der Waals surface area contributed by atoms with Crippen molar-refractivity contribution in [2.75, 3.05) is 13.2 Å². The lowest BCUT2D eigenvalue weighted by Gasteiger charge is -2.30. The first-order valence-corrected chi connectivity index (χ1v) is 8.82. The second kappa shape index (κ2) is 7.24. The second-order valence-electron chi connectivity index (χ2n) is 5.04. The number of hydrogen-bond acceptors (Lipinski definition) is 5. The normalized spacial score (nSPS) is 12.4. The fourth-order valence-electron chi connectivity index (χ4n) is 1.96. The Morgan fingerprint density at radius 3 is 2.25 bits per heavy atom. The third kappa shape index (κ3) is 5.26. The molecule has 0 aromatic carbocycles. The van der Waals surface area contributed by atoms with Gasteiger partial charge in [-0.2, -0.15) is 0 Å². The molecule has 0 atom stereocenters. The highest BCUT2D eigenvalue weighted by atomic mass is 35.7. The van der Waals surface area contributed by atoms with Gasteiger partial charge >= 0.3 is 0 Å². The summed E-state index contributed by atoms with van der Waals surface area (Å²) in [6.45, 7) is 9.83. The van der Waals surface area contributed by atoms with E-state index >= 15 is 0 Å². The van der Waals surface area contributed by atoms with Crippen LogP contribution in [0.3, 0.4) is 0 Å². The summed E-state index contributed by atoms with van der Waals surface area (Å²) in [7, 11) is 1.48. The van der Waals surface area contributed by atoms with Gasteiger partial charge < -0.3 is 4.74 Å². The molecule has 1 aromatic heterocycles. The van der Waals surface area contributed by atoms with Crippen LogP contribution < -0.4 is 4.74 Å². The molecule has 0 aliphatic rings. The molecule has 20 heavy (non-hydrogen) atoms. The van der Waals surface area contributed by atoms with Gasteiger partial charge in [-0.25, -0.2) is 13.4 Å². The van der Waals surface area contributed by atoms with Crippen LogP contribution >= 0.6 is 10.7 Å². The maximum atomic E-state index is 11.1. The first-order valence-electron chi connectivity index (χ1n) is 6.51.